The third kappa shape index (κ3) is 2.70. The van der Waals surface area contributed by atoms with E-state index in [4.69, 9.17) is 4.74 Å². The van der Waals surface area contributed by atoms with E-state index in [9.17, 15) is 4.79 Å². The number of hydrogen-bond donors (Lipinski definition) is 0. The van der Waals surface area contributed by atoms with Crippen molar-refractivity contribution in [1.29, 1.82) is 0 Å². The van der Waals surface area contributed by atoms with Crippen molar-refractivity contribution in [2.45, 2.75) is 26.2 Å². The molecule has 86 valence electrons. The number of rotatable bonds is 3. The van der Waals surface area contributed by atoms with Gasteiger partial charge in [0.15, 0.2) is 0 Å². The van der Waals surface area contributed by atoms with Gasteiger partial charge in [0.05, 0.1) is 13.2 Å². The van der Waals surface area contributed by atoms with Crippen molar-refractivity contribution in [2.75, 3.05) is 13.2 Å². The van der Waals surface area contributed by atoms with Gasteiger partial charge in [0, 0.05) is 12.3 Å². The molecule has 0 radical (unpaired) electrons. The average molecular weight is 218 g/mol. The molecule has 1 saturated heterocycles. The van der Waals surface area contributed by atoms with E-state index in [1.165, 1.54) is 11.1 Å². The Balaban J connectivity index is 1.99. The normalized spacial score (nSPS) is 21.1. The summed E-state index contributed by atoms with van der Waals surface area (Å²) < 4.78 is 5.35. The summed E-state index contributed by atoms with van der Waals surface area (Å²) in [5.74, 6) is 0.423. The lowest BCUT2D eigenvalue weighted by Crippen LogP contribution is -2.29. The standard InChI is InChI=1S/C14H18O2/c1-2-11-3-5-12(6-4-11)9-13-10-16-8-7-14(13)15/h3-6,13H,2,7-10H2,1H3. The summed E-state index contributed by atoms with van der Waals surface area (Å²) in [6, 6.07) is 8.54. The Labute approximate surface area is 96.6 Å². The first-order chi connectivity index (χ1) is 7.79. The second-order valence-corrected chi connectivity index (χ2v) is 4.36. The van der Waals surface area contributed by atoms with Crippen LogP contribution >= 0.6 is 0 Å². The fourth-order valence-corrected chi connectivity index (χ4v) is 2.06. The molecular weight excluding hydrogens is 200 g/mol. The molecule has 0 aromatic heterocycles. The molecule has 0 bridgehead atoms. The van der Waals surface area contributed by atoms with Crippen LogP contribution in [0, 0.1) is 5.92 Å². The second kappa shape index (κ2) is 5.26. The zero-order valence-corrected chi connectivity index (χ0v) is 9.74. The van der Waals surface area contributed by atoms with E-state index in [1.807, 2.05) is 0 Å². The predicted molar refractivity (Wildman–Crippen MR) is 63.5 cm³/mol. The highest BCUT2D eigenvalue weighted by Crippen LogP contribution is 2.16. The molecule has 1 fully saturated rings. The monoisotopic (exact) mass is 218 g/mol. The number of hydrogen-bond acceptors (Lipinski definition) is 2. The number of benzene rings is 1. The van der Waals surface area contributed by atoms with Crippen molar-refractivity contribution in [3.05, 3.63) is 35.4 Å². The molecule has 1 unspecified atom stereocenters. The summed E-state index contributed by atoms with van der Waals surface area (Å²) in [6.45, 7) is 3.34. The number of carbonyl (C=O) groups is 1. The summed E-state index contributed by atoms with van der Waals surface area (Å²) in [5, 5.41) is 0. The van der Waals surface area contributed by atoms with Crippen molar-refractivity contribution in [3.8, 4) is 0 Å². The molecule has 1 aliphatic heterocycles. The van der Waals surface area contributed by atoms with Gasteiger partial charge in [0.25, 0.3) is 0 Å². The Hall–Kier alpha value is -1.15. The summed E-state index contributed by atoms with van der Waals surface area (Å²) in [5.41, 5.74) is 2.58. The summed E-state index contributed by atoms with van der Waals surface area (Å²) >= 11 is 0. The van der Waals surface area contributed by atoms with Crippen molar-refractivity contribution in [3.63, 3.8) is 0 Å². The first kappa shape index (κ1) is 11.3. The van der Waals surface area contributed by atoms with E-state index in [0.29, 0.717) is 25.4 Å². The van der Waals surface area contributed by atoms with E-state index in [0.717, 1.165) is 12.8 Å². The maximum atomic E-state index is 11.6. The zero-order valence-electron chi connectivity index (χ0n) is 9.74. The van der Waals surface area contributed by atoms with E-state index in [1.54, 1.807) is 0 Å². The van der Waals surface area contributed by atoms with Crippen LogP contribution in [0.1, 0.15) is 24.5 Å². The molecule has 0 N–H and O–H groups in total. The Morgan fingerprint density at radius 3 is 2.56 bits per heavy atom. The maximum Gasteiger partial charge on any atom is 0.140 e. The number of carbonyl (C=O) groups excluding carboxylic acids is 1. The third-order valence-electron chi connectivity index (χ3n) is 3.18. The smallest absolute Gasteiger partial charge is 0.140 e. The van der Waals surface area contributed by atoms with E-state index >= 15 is 0 Å². The third-order valence-corrected chi connectivity index (χ3v) is 3.18. The molecule has 2 nitrogen and oxygen atoms in total. The summed E-state index contributed by atoms with van der Waals surface area (Å²) in [6.07, 6.45) is 2.46. The lowest BCUT2D eigenvalue weighted by atomic mass is 9.92. The van der Waals surface area contributed by atoms with Gasteiger partial charge in [-0.1, -0.05) is 31.2 Å². The molecule has 0 spiro atoms. The Bertz CT molecular complexity index is 354. The van der Waals surface area contributed by atoms with Gasteiger partial charge in [0.2, 0.25) is 0 Å². The van der Waals surface area contributed by atoms with Crippen molar-refractivity contribution in [1.82, 2.24) is 0 Å². The highest BCUT2D eigenvalue weighted by molar-refractivity contribution is 5.82. The topological polar surface area (TPSA) is 26.3 Å². The van der Waals surface area contributed by atoms with Gasteiger partial charge >= 0.3 is 0 Å². The van der Waals surface area contributed by atoms with Gasteiger partial charge in [-0.15, -0.1) is 0 Å². The van der Waals surface area contributed by atoms with Crippen LogP contribution in [-0.2, 0) is 22.4 Å². The van der Waals surface area contributed by atoms with Gasteiger partial charge < -0.3 is 4.74 Å². The van der Waals surface area contributed by atoms with Crippen LogP contribution in [0.5, 0.6) is 0 Å². The van der Waals surface area contributed by atoms with Gasteiger partial charge in [-0.05, 0) is 24.0 Å². The molecular formula is C14H18O2. The fourth-order valence-electron chi connectivity index (χ4n) is 2.06. The molecule has 1 aromatic rings. The Kier molecular flexibility index (Phi) is 3.73. The lowest BCUT2D eigenvalue weighted by Gasteiger charge is -2.20. The van der Waals surface area contributed by atoms with Crippen LogP contribution in [0.4, 0.5) is 0 Å². The van der Waals surface area contributed by atoms with Gasteiger partial charge in [-0.25, -0.2) is 0 Å². The fraction of sp³-hybridized carbons (Fsp3) is 0.500. The number of Topliss-reactive ketones (excluding diaryl/α,β-unsaturated/α-hetero) is 1. The predicted octanol–water partition coefficient (Wildman–Crippen LogP) is 2.40. The quantitative estimate of drug-likeness (QED) is 0.778. The van der Waals surface area contributed by atoms with Crippen LogP contribution in [0.3, 0.4) is 0 Å². The molecule has 0 aliphatic carbocycles. The molecule has 1 atom stereocenters. The van der Waals surface area contributed by atoms with E-state index in [-0.39, 0.29) is 5.92 Å². The van der Waals surface area contributed by atoms with Crippen LogP contribution < -0.4 is 0 Å². The van der Waals surface area contributed by atoms with E-state index in [2.05, 4.69) is 31.2 Å². The molecule has 1 heterocycles. The average Bonchev–Trinajstić information content (AvgIpc) is 2.33. The van der Waals surface area contributed by atoms with Gasteiger partial charge in [-0.3, -0.25) is 4.79 Å². The van der Waals surface area contributed by atoms with E-state index < -0.39 is 0 Å². The number of ether oxygens (including phenoxy) is 1. The van der Waals surface area contributed by atoms with Gasteiger partial charge in [-0.2, -0.15) is 0 Å². The SMILES string of the molecule is CCc1ccc(CC2COCCC2=O)cc1. The minimum atomic E-state index is 0.0706. The summed E-state index contributed by atoms with van der Waals surface area (Å²) in [7, 11) is 0. The minimum Gasteiger partial charge on any atom is -0.380 e. The van der Waals surface area contributed by atoms with Crippen molar-refractivity contribution >= 4 is 5.78 Å². The molecule has 2 rings (SSSR count). The second-order valence-electron chi connectivity index (χ2n) is 4.36. The highest BCUT2D eigenvalue weighted by Gasteiger charge is 2.22. The van der Waals surface area contributed by atoms with Gasteiger partial charge in [0.1, 0.15) is 5.78 Å². The first-order valence-corrected chi connectivity index (χ1v) is 5.98. The molecule has 2 heteroatoms. The van der Waals surface area contributed by atoms with Crippen LogP contribution in [0.25, 0.3) is 0 Å². The minimum absolute atomic E-state index is 0.0706. The first-order valence-electron chi connectivity index (χ1n) is 5.98. The van der Waals surface area contributed by atoms with Crippen LogP contribution in [-0.4, -0.2) is 19.0 Å². The molecule has 16 heavy (non-hydrogen) atoms. The van der Waals surface area contributed by atoms with Crippen molar-refractivity contribution < 1.29 is 9.53 Å². The maximum absolute atomic E-state index is 11.6. The molecule has 1 aromatic carbocycles. The Morgan fingerprint density at radius 2 is 1.94 bits per heavy atom. The molecule has 1 aliphatic rings. The highest BCUT2D eigenvalue weighted by atomic mass is 16.5. The van der Waals surface area contributed by atoms with Crippen LogP contribution in [0.2, 0.25) is 0 Å². The molecule has 0 saturated carbocycles. The van der Waals surface area contributed by atoms with Crippen LogP contribution in [0.15, 0.2) is 24.3 Å². The number of ketones is 1. The summed E-state index contributed by atoms with van der Waals surface area (Å²) in [4.78, 5) is 11.6. The van der Waals surface area contributed by atoms with Crippen molar-refractivity contribution in [2.24, 2.45) is 5.92 Å². The lowest BCUT2D eigenvalue weighted by molar-refractivity contribution is -0.130. The zero-order chi connectivity index (χ0) is 11.4. The molecule has 0 amide bonds. The number of aryl methyl sites for hydroxylation is 1. The largest absolute Gasteiger partial charge is 0.380 e. The Morgan fingerprint density at radius 1 is 1.25 bits per heavy atom.